The van der Waals surface area contributed by atoms with Crippen LogP contribution in [0.3, 0.4) is 0 Å². The van der Waals surface area contributed by atoms with Gasteiger partial charge in [0.25, 0.3) is 5.91 Å². The van der Waals surface area contributed by atoms with E-state index >= 15 is 0 Å². The standard InChI is InChI=1S/C16H19FN4O/c1-11-15(16(22)19-9-13-3-2-8-18-13)10-20-21(11)14-6-4-12(17)5-7-14/h4-7,10,13,18H,2-3,8-9H2,1H3,(H,19,22). The van der Waals surface area contributed by atoms with Crippen LogP contribution in [0.2, 0.25) is 0 Å². The zero-order valence-corrected chi connectivity index (χ0v) is 12.5. The van der Waals surface area contributed by atoms with E-state index in [1.807, 2.05) is 6.92 Å². The number of nitrogens with zero attached hydrogens (tertiary/aromatic N) is 2. The molecule has 0 aliphatic carbocycles. The predicted molar refractivity (Wildman–Crippen MR) is 81.6 cm³/mol. The maximum Gasteiger partial charge on any atom is 0.254 e. The van der Waals surface area contributed by atoms with Crippen molar-refractivity contribution in [2.75, 3.05) is 13.1 Å². The number of benzene rings is 1. The van der Waals surface area contributed by atoms with Crippen molar-refractivity contribution in [3.8, 4) is 5.69 Å². The largest absolute Gasteiger partial charge is 0.350 e. The summed E-state index contributed by atoms with van der Waals surface area (Å²) >= 11 is 0. The first-order valence-corrected chi connectivity index (χ1v) is 7.47. The van der Waals surface area contributed by atoms with Gasteiger partial charge in [-0.25, -0.2) is 9.07 Å². The molecule has 0 radical (unpaired) electrons. The van der Waals surface area contributed by atoms with Gasteiger partial charge >= 0.3 is 0 Å². The maximum absolute atomic E-state index is 13.0. The Labute approximate surface area is 128 Å². The molecule has 1 amide bonds. The van der Waals surface area contributed by atoms with Crippen LogP contribution in [0.25, 0.3) is 5.69 Å². The predicted octanol–water partition coefficient (Wildman–Crippen LogP) is 1.80. The summed E-state index contributed by atoms with van der Waals surface area (Å²) < 4.78 is 14.6. The van der Waals surface area contributed by atoms with E-state index < -0.39 is 0 Å². The highest BCUT2D eigenvalue weighted by Gasteiger charge is 2.18. The third-order valence-electron chi connectivity index (χ3n) is 4.00. The van der Waals surface area contributed by atoms with Crippen LogP contribution in [0.15, 0.2) is 30.5 Å². The minimum Gasteiger partial charge on any atom is -0.350 e. The van der Waals surface area contributed by atoms with Crippen LogP contribution in [0.4, 0.5) is 4.39 Å². The molecule has 1 atom stereocenters. The van der Waals surface area contributed by atoms with Crippen LogP contribution in [-0.2, 0) is 0 Å². The lowest BCUT2D eigenvalue weighted by Crippen LogP contribution is -2.37. The van der Waals surface area contributed by atoms with Crippen LogP contribution in [0.5, 0.6) is 0 Å². The molecule has 1 aliphatic heterocycles. The molecule has 5 nitrogen and oxygen atoms in total. The number of hydrogen-bond acceptors (Lipinski definition) is 3. The Bertz CT molecular complexity index is 659. The second kappa shape index (κ2) is 6.27. The molecule has 2 N–H and O–H groups in total. The van der Waals surface area contributed by atoms with Gasteiger partial charge in [-0.1, -0.05) is 0 Å². The maximum atomic E-state index is 13.0. The Balaban J connectivity index is 1.72. The first kappa shape index (κ1) is 14.7. The summed E-state index contributed by atoms with van der Waals surface area (Å²) in [5, 5.41) is 10.5. The Morgan fingerprint density at radius 1 is 1.45 bits per heavy atom. The number of amides is 1. The third-order valence-corrected chi connectivity index (χ3v) is 4.00. The number of aromatic nitrogens is 2. The molecule has 3 rings (SSSR count). The van der Waals surface area contributed by atoms with Gasteiger partial charge in [-0.2, -0.15) is 5.10 Å². The summed E-state index contributed by atoms with van der Waals surface area (Å²) in [4.78, 5) is 12.3. The average Bonchev–Trinajstić information content (AvgIpc) is 3.15. The van der Waals surface area contributed by atoms with E-state index in [0.717, 1.165) is 30.8 Å². The smallest absolute Gasteiger partial charge is 0.254 e. The number of halogens is 1. The normalized spacial score (nSPS) is 17.6. The molecule has 1 aromatic heterocycles. The highest BCUT2D eigenvalue weighted by Crippen LogP contribution is 2.15. The van der Waals surface area contributed by atoms with Crippen LogP contribution in [0, 0.1) is 12.7 Å². The van der Waals surface area contributed by atoms with E-state index in [9.17, 15) is 9.18 Å². The van der Waals surface area contributed by atoms with E-state index in [0.29, 0.717) is 18.2 Å². The zero-order chi connectivity index (χ0) is 15.5. The molecule has 116 valence electrons. The van der Waals surface area contributed by atoms with Gasteiger partial charge in [0.15, 0.2) is 0 Å². The first-order valence-electron chi connectivity index (χ1n) is 7.47. The number of carbonyl (C=O) groups is 1. The minimum absolute atomic E-state index is 0.125. The summed E-state index contributed by atoms with van der Waals surface area (Å²) in [6.07, 6.45) is 3.80. The van der Waals surface area contributed by atoms with E-state index in [1.165, 1.54) is 12.1 Å². The summed E-state index contributed by atoms with van der Waals surface area (Å²) in [5.41, 5.74) is 2.02. The van der Waals surface area contributed by atoms with Crippen LogP contribution in [0.1, 0.15) is 28.9 Å². The molecule has 1 aromatic carbocycles. The van der Waals surface area contributed by atoms with Crippen molar-refractivity contribution in [2.24, 2.45) is 0 Å². The molecule has 2 aromatic rings. The SMILES string of the molecule is Cc1c(C(=O)NCC2CCCN2)cnn1-c1ccc(F)cc1. The van der Waals surface area contributed by atoms with Crippen molar-refractivity contribution in [3.05, 3.63) is 47.5 Å². The van der Waals surface area contributed by atoms with Gasteiger partial charge in [0.05, 0.1) is 23.1 Å². The van der Waals surface area contributed by atoms with E-state index in [-0.39, 0.29) is 11.7 Å². The van der Waals surface area contributed by atoms with E-state index in [1.54, 1.807) is 23.0 Å². The number of nitrogens with one attached hydrogen (secondary N) is 2. The lowest BCUT2D eigenvalue weighted by atomic mass is 10.2. The van der Waals surface area contributed by atoms with Crippen molar-refractivity contribution in [3.63, 3.8) is 0 Å². The Hall–Kier alpha value is -2.21. The van der Waals surface area contributed by atoms with Crippen molar-refractivity contribution in [1.29, 1.82) is 0 Å². The molecule has 1 saturated heterocycles. The number of carbonyl (C=O) groups excluding carboxylic acids is 1. The van der Waals surface area contributed by atoms with Crippen molar-refractivity contribution < 1.29 is 9.18 Å². The first-order chi connectivity index (χ1) is 10.6. The molecule has 2 heterocycles. The summed E-state index contributed by atoms with van der Waals surface area (Å²) in [6.45, 7) is 3.47. The summed E-state index contributed by atoms with van der Waals surface area (Å²) in [7, 11) is 0. The number of rotatable bonds is 4. The molecule has 1 fully saturated rings. The molecular formula is C16H19FN4O. The zero-order valence-electron chi connectivity index (χ0n) is 12.5. The Morgan fingerprint density at radius 2 is 2.23 bits per heavy atom. The Kier molecular flexibility index (Phi) is 4.20. The summed E-state index contributed by atoms with van der Waals surface area (Å²) in [6, 6.07) is 6.39. The fourth-order valence-electron chi connectivity index (χ4n) is 2.72. The quantitative estimate of drug-likeness (QED) is 0.905. The number of hydrogen-bond donors (Lipinski definition) is 2. The van der Waals surface area contributed by atoms with Crippen molar-refractivity contribution in [1.82, 2.24) is 20.4 Å². The van der Waals surface area contributed by atoms with Gasteiger partial charge in [0.1, 0.15) is 5.82 Å². The summed E-state index contributed by atoms with van der Waals surface area (Å²) in [5.74, 6) is -0.421. The second-order valence-electron chi connectivity index (χ2n) is 5.54. The van der Waals surface area contributed by atoms with Crippen LogP contribution >= 0.6 is 0 Å². The highest BCUT2D eigenvalue weighted by molar-refractivity contribution is 5.95. The molecule has 6 heteroatoms. The lowest BCUT2D eigenvalue weighted by molar-refractivity contribution is 0.0949. The fraction of sp³-hybridized carbons (Fsp3) is 0.375. The molecule has 0 bridgehead atoms. The minimum atomic E-state index is -0.296. The molecular weight excluding hydrogens is 283 g/mol. The van der Waals surface area contributed by atoms with Crippen molar-refractivity contribution >= 4 is 5.91 Å². The molecule has 22 heavy (non-hydrogen) atoms. The van der Waals surface area contributed by atoms with E-state index in [4.69, 9.17) is 0 Å². The van der Waals surface area contributed by atoms with Gasteiger partial charge < -0.3 is 10.6 Å². The van der Waals surface area contributed by atoms with Gasteiger partial charge in [-0.15, -0.1) is 0 Å². The Morgan fingerprint density at radius 3 is 2.91 bits per heavy atom. The van der Waals surface area contributed by atoms with Gasteiger partial charge in [-0.3, -0.25) is 4.79 Å². The van der Waals surface area contributed by atoms with Crippen LogP contribution in [-0.4, -0.2) is 34.8 Å². The lowest BCUT2D eigenvalue weighted by Gasteiger charge is -2.11. The van der Waals surface area contributed by atoms with Gasteiger partial charge in [0, 0.05) is 12.6 Å². The topological polar surface area (TPSA) is 59.0 Å². The monoisotopic (exact) mass is 302 g/mol. The average molecular weight is 302 g/mol. The van der Waals surface area contributed by atoms with Crippen LogP contribution < -0.4 is 10.6 Å². The van der Waals surface area contributed by atoms with Gasteiger partial charge in [0.2, 0.25) is 0 Å². The highest BCUT2D eigenvalue weighted by atomic mass is 19.1. The molecule has 0 saturated carbocycles. The fourth-order valence-corrected chi connectivity index (χ4v) is 2.72. The van der Waals surface area contributed by atoms with E-state index in [2.05, 4.69) is 15.7 Å². The van der Waals surface area contributed by atoms with Crippen molar-refractivity contribution in [2.45, 2.75) is 25.8 Å². The van der Waals surface area contributed by atoms with Gasteiger partial charge in [-0.05, 0) is 50.6 Å². The molecule has 0 spiro atoms. The molecule has 1 unspecified atom stereocenters. The second-order valence-corrected chi connectivity index (χ2v) is 5.54. The third kappa shape index (κ3) is 3.01. The molecule has 1 aliphatic rings.